The molecule has 0 amide bonds. The van der Waals surface area contributed by atoms with Crippen molar-refractivity contribution in [1.29, 1.82) is 0 Å². The first kappa shape index (κ1) is 15.3. The first-order valence-electron chi connectivity index (χ1n) is 6.05. The summed E-state index contributed by atoms with van der Waals surface area (Å²) in [5.74, 6) is 0.504. The highest BCUT2D eigenvalue weighted by molar-refractivity contribution is 14.1. The minimum absolute atomic E-state index is 0.103. The van der Waals surface area contributed by atoms with Crippen LogP contribution in [0.2, 0.25) is 0 Å². The van der Waals surface area contributed by atoms with Crippen LogP contribution in [0.5, 0.6) is 0 Å². The molecule has 0 aliphatic rings. The highest BCUT2D eigenvalue weighted by atomic mass is 127. The van der Waals surface area contributed by atoms with Crippen LogP contribution in [0.1, 0.15) is 32.8 Å². The zero-order valence-electron chi connectivity index (χ0n) is 11.0. The topological polar surface area (TPSA) is 35.5 Å². The Bertz CT molecular complexity index is 373. The summed E-state index contributed by atoms with van der Waals surface area (Å²) in [7, 11) is 0. The first-order valence-corrected chi connectivity index (χ1v) is 7.13. The predicted molar refractivity (Wildman–Crippen MR) is 79.3 cm³/mol. The quantitative estimate of drug-likeness (QED) is 0.576. The summed E-state index contributed by atoms with van der Waals surface area (Å²) < 4.78 is 11.4. The van der Waals surface area contributed by atoms with E-state index >= 15 is 0 Å². The summed E-state index contributed by atoms with van der Waals surface area (Å²) in [6.45, 7) is 6.32. The van der Waals surface area contributed by atoms with Gasteiger partial charge in [0.2, 0.25) is 0 Å². The summed E-state index contributed by atoms with van der Waals surface area (Å²) in [6.07, 6.45) is 0.148. The number of halogens is 1. The number of benzene rings is 1. The van der Waals surface area contributed by atoms with Crippen molar-refractivity contribution in [1.82, 2.24) is 0 Å². The summed E-state index contributed by atoms with van der Waals surface area (Å²) in [6, 6.07) is 7.83. The fourth-order valence-electron chi connectivity index (χ4n) is 1.63. The van der Waals surface area contributed by atoms with Crippen LogP contribution in [-0.2, 0) is 16.1 Å². The third-order valence-electron chi connectivity index (χ3n) is 2.37. The molecule has 0 radical (unpaired) electrons. The molecule has 3 nitrogen and oxygen atoms in total. The zero-order valence-corrected chi connectivity index (χ0v) is 13.1. The van der Waals surface area contributed by atoms with Gasteiger partial charge in [-0.05, 0) is 59.5 Å². The molecule has 100 valence electrons. The molecule has 0 N–H and O–H groups in total. The first-order chi connectivity index (χ1) is 8.47. The van der Waals surface area contributed by atoms with E-state index in [2.05, 4.69) is 36.4 Å². The maximum atomic E-state index is 11.4. The van der Waals surface area contributed by atoms with E-state index in [9.17, 15) is 4.79 Å². The van der Waals surface area contributed by atoms with Gasteiger partial charge in [-0.3, -0.25) is 0 Å². The van der Waals surface area contributed by atoms with Crippen LogP contribution in [0.15, 0.2) is 24.3 Å². The molecule has 4 heteroatoms. The monoisotopic (exact) mass is 362 g/mol. The Balaban J connectivity index is 2.30. The molecule has 0 aliphatic carbocycles. The maximum Gasteiger partial charge on any atom is 0.508 e. The fraction of sp³-hybridized carbons (Fsp3) is 0.500. The summed E-state index contributed by atoms with van der Waals surface area (Å²) in [5.41, 5.74) is 0.962. The SMILES string of the molecule is CC(C)C[C@H](C)OC(=O)OCc1ccc(I)cc1. The Morgan fingerprint density at radius 2 is 1.83 bits per heavy atom. The molecule has 0 bridgehead atoms. The van der Waals surface area contributed by atoms with Gasteiger partial charge in [0.25, 0.3) is 0 Å². The van der Waals surface area contributed by atoms with Gasteiger partial charge in [-0.1, -0.05) is 26.0 Å². The molecule has 1 atom stereocenters. The molecular weight excluding hydrogens is 343 g/mol. The molecule has 0 spiro atoms. The normalized spacial score (nSPS) is 12.3. The van der Waals surface area contributed by atoms with Crippen LogP contribution >= 0.6 is 22.6 Å². The molecule has 0 aliphatic heterocycles. The number of carbonyl (C=O) groups excluding carboxylic acids is 1. The van der Waals surface area contributed by atoms with Crippen LogP contribution in [-0.4, -0.2) is 12.3 Å². The number of rotatable bonds is 5. The van der Waals surface area contributed by atoms with Crippen LogP contribution < -0.4 is 0 Å². The van der Waals surface area contributed by atoms with Gasteiger partial charge >= 0.3 is 6.16 Å². The van der Waals surface area contributed by atoms with Gasteiger partial charge in [0.15, 0.2) is 0 Å². The molecule has 1 aromatic rings. The smallest absolute Gasteiger partial charge is 0.431 e. The average molecular weight is 362 g/mol. The molecule has 1 rings (SSSR count). The lowest BCUT2D eigenvalue weighted by Gasteiger charge is -2.14. The summed E-state index contributed by atoms with van der Waals surface area (Å²) in [4.78, 5) is 11.4. The van der Waals surface area contributed by atoms with E-state index in [0.29, 0.717) is 5.92 Å². The Hall–Kier alpha value is -0.780. The van der Waals surface area contributed by atoms with Crippen molar-refractivity contribution in [3.05, 3.63) is 33.4 Å². The van der Waals surface area contributed by atoms with Crippen molar-refractivity contribution < 1.29 is 14.3 Å². The zero-order chi connectivity index (χ0) is 13.5. The van der Waals surface area contributed by atoms with Gasteiger partial charge < -0.3 is 9.47 Å². The lowest BCUT2D eigenvalue weighted by molar-refractivity contribution is 0.0188. The van der Waals surface area contributed by atoms with E-state index in [1.807, 2.05) is 31.2 Å². The second-order valence-electron chi connectivity index (χ2n) is 4.72. The average Bonchev–Trinajstić information content (AvgIpc) is 2.27. The molecular formula is C14H19IO3. The van der Waals surface area contributed by atoms with E-state index in [0.717, 1.165) is 15.6 Å². The third-order valence-corrected chi connectivity index (χ3v) is 3.09. The Morgan fingerprint density at radius 1 is 1.22 bits per heavy atom. The van der Waals surface area contributed by atoms with Crippen molar-refractivity contribution in [3.8, 4) is 0 Å². The van der Waals surface area contributed by atoms with Crippen molar-refractivity contribution in [2.24, 2.45) is 5.92 Å². The molecule has 0 aromatic heterocycles. The Kier molecular flexibility index (Phi) is 6.46. The third kappa shape index (κ3) is 6.23. The van der Waals surface area contributed by atoms with Gasteiger partial charge in [-0.15, -0.1) is 0 Å². The second kappa shape index (κ2) is 7.61. The highest BCUT2D eigenvalue weighted by Crippen LogP contribution is 2.10. The van der Waals surface area contributed by atoms with Crippen LogP contribution in [0.3, 0.4) is 0 Å². The van der Waals surface area contributed by atoms with E-state index in [4.69, 9.17) is 9.47 Å². The largest absolute Gasteiger partial charge is 0.508 e. The number of carbonyl (C=O) groups is 1. The number of hydrogen-bond acceptors (Lipinski definition) is 3. The van der Waals surface area contributed by atoms with E-state index in [1.54, 1.807) is 0 Å². The predicted octanol–water partition coefficient (Wildman–Crippen LogP) is 4.38. The Labute approximate surface area is 122 Å². The summed E-state index contributed by atoms with van der Waals surface area (Å²) >= 11 is 2.23. The van der Waals surface area contributed by atoms with E-state index < -0.39 is 6.16 Å². The standard InChI is InChI=1S/C14H19IO3/c1-10(2)8-11(3)18-14(16)17-9-12-4-6-13(15)7-5-12/h4-7,10-11H,8-9H2,1-3H3/t11-/m0/s1. The van der Waals surface area contributed by atoms with Crippen molar-refractivity contribution in [3.63, 3.8) is 0 Å². The number of ether oxygens (including phenoxy) is 2. The van der Waals surface area contributed by atoms with Gasteiger partial charge in [0.05, 0.1) is 0 Å². The maximum absolute atomic E-state index is 11.4. The Morgan fingerprint density at radius 3 is 2.39 bits per heavy atom. The second-order valence-corrected chi connectivity index (χ2v) is 5.97. The van der Waals surface area contributed by atoms with Gasteiger partial charge in [-0.25, -0.2) is 4.79 Å². The molecule has 1 aromatic carbocycles. The van der Waals surface area contributed by atoms with E-state index in [1.165, 1.54) is 0 Å². The molecule has 0 unspecified atom stereocenters. The lowest BCUT2D eigenvalue weighted by atomic mass is 10.1. The molecule has 0 saturated heterocycles. The lowest BCUT2D eigenvalue weighted by Crippen LogP contribution is -2.17. The van der Waals surface area contributed by atoms with Crippen molar-refractivity contribution in [2.45, 2.75) is 39.9 Å². The fourth-order valence-corrected chi connectivity index (χ4v) is 1.99. The molecule has 0 heterocycles. The van der Waals surface area contributed by atoms with Crippen molar-refractivity contribution in [2.75, 3.05) is 0 Å². The number of hydrogen-bond donors (Lipinski definition) is 0. The highest BCUT2D eigenvalue weighted by Gasteiger charge is 2.12. The van der Waals surface area contributed by atoms with Crippen molar-refractivity contribution >= 4 is 28.7 Å². The van der Waals surface area contributed by atoms with E-state index in [-0.39, 0.29) is 12.7 Å². The minimum Gasteiger partial charge on any atom is -0.431 e. The summed E-state index contributed by atoms with van der Waals surface area (Å²) in [5, 5.41) is 0. The molecule has 18 heavy (non-hydrogen) atoms. The molecule has 0 saturated carbocycles. The van der Waals surface area contributed by atoms with Gasteiger partial charge in [0.1, 0.15) is 12.7 Å². The van der Waals surface area contributed by atoms with Gasteiger partial charge in [0, 0.05) is 3.57 Å². The van der Waals surface area contributed by atoms with Gasteiger partial charge in [-0.2, -0.15) is 0 Å². The molecule has 0 fully saturated rings. The van der Waals surface area contributed by atoms with Crippen LogP contribution in [0.25, 0.3) is 0 Å². The van der Waals surface area contributed by atoms with Crippen LogP contribution in [0, 0.1) is 9.49 Å². The minimum atomic E-state index is -0.596. The van der Waals surface area contributed by atoms with Crippen LogP contribution in [0.4, 0.5) is 4.79 Å².